The van der Waals surface area contributed by atoms with Crippen LogP contribution in [0.4, 0.5) is 0 Å². The molecule has 17 heavy (non-hydrogen) atoms. The molecule has 1 aliphatic carbocycles. The van der Waals surface area contributed by atoms with E-state index in [0.29, 0.717) is 24.2 Å². The topological polar surface area (TPSA) is 62.4 Å². The molecule has 0 aromatic carbocycles. The summed E-state index contributed by atoms with van der Waals surface area (Å²) in [6, 6.07) is 0. The van der Waals surface area contributed by atoms with Gasteiger partial charge in [0.15, 0.2) is 0 Å². The molecular weight excluding hydrogens is 220 g/mol. The fraction of sp³-hybridized carbons (Fsp3) is 0.769. The van der Waals surface area contributed by atoms with Crippen molar-refractivity contribution in [1.29, 1.82) is 0 Å². The third kappa shape index (κ3) is 2.69. The molecular formula is C13H18O4. The number of hydrogen-bond donors (Lipinski definition) is 1. The molecule has 3 aliphatic rings. The number of allylic oxidation sites excluding steroid dienone is 1. The summed E-state index contributed by atoms with van der Waals surface area (Å²) in [4.78, 5) is 11.1. The van der Waals surface area contributed by atoms with E-state index >= 15 is 0 Å². The molecule has 2 saturated heterocycles. The molecule has 0 radical (unpaired) electrons. The minimum absolute atomic E-state index is 0.102. The number of ether oxygens (including phenoxy) is 2. The Kier molecular flexibility index (Phi) is 2.71. The van der Waals surface area contributed by atoms with Gasteiger partial charge in [-0.25, -0.2) is 4.79 Å². The van der Waals surface area contributed by atoms with Gasteiger partial charge in [-0.2, -0.15) is 0 Å². The van der Waals surface area contributed by atoms with Crippen LogP contribution in [0.25, 0.3) is 0 Å². The molecule has 0 amide bonds. The van der Waals surface area contributed by atoms with Gasteiger partial charge in [-0.3, -0.25) is 0 Å². The Hall–Kier alpha value is -0.870. The van der Waals surface area contributed by atoms with Gasteiger partial charge in [-0.05, 0) is 37.5 Å². The first-order valence-corrected chi connectivity index (χ1v) is 6.32. The van der Waals surface area contributed by atoms with E-state index in [1.54, 1.807) is 0 Å². The predicted molar refractivity (Wildman–Crippen MR) is 60.7 cm³/mol. The molecule has 4 heteroatoms. The van der Waals surface area contributed by atoms with Crippen LogP contribution in [-0.4, -0.2) is 36.5 Å². The van der Waals surface area contributed by atoms with Crippen molar-refractivity contribution >= 4 is 5.97 Å². The minimum Gasteiger partial charge on any atom is -0.478 e. The first-order valence-electron chi connectivity index (χ1n) is 6.32. The van der Waals surface area contributed by atoms with E-state index in [-0.39, 0.29) is 5.41 Å². The average Bonchev–Trinajstić information content (AvgIpc) is 3.15. The van der Waals surface area contributed by atoms with Gasteiger partial charge in [0.25, 0.3) is 0 Å². The van der Waals surface area contributed by atoms with Crippen LogP contribution in [0.2, 0.25) is 0 Å². The first-order chi connectivity index (χ1) is 8.17. The normalized spacial score (nSPS) is 39.6. The maximum absolute atomic E-state index is 11.1. The van der Waals surface area contributed by atoms with Crippen LogP contribution in [0.15, 0.2) is 11.6 Å². The van der Waals surface area contributed by atoms with Crippen molar-refractivity contribution in [3.63, 3.8) is 0 Å². The Bertz CT molecular complexity index is 338. The summed E-state index contributed by atoms with van der Waals surface area (Å²) in [7, 11) is 0. The molecule has 2 heterocycles. The van der Waals surface area contributed by atoms with Crippen molar-refractivity contribution in [2.75, 3.05) is 13.2 Å². The third-order valence-corrected chi connectivity index (χ3v) is 4.03. The summed E-state index contributed by atoms with van der Waals surface area (Å²) < 4.78 is 10.7. The summed E-state index contributed by atoms with van der Waals surface area (Å²) in [6.07, 6.45) is 7.23. The van der Waals surface area contributed by atoms with Gasteiger partial charge in [0, 0.05) is 5.57 Å². The van der Waals surface area contributed by atoms with Gasteiger partial charge in [0.2, 0.25) is 0 Å². The molecule has 2 aliphatic heterocycles. The minimum atomic E-state index is -0.762. The van der Waals surface area contributed by atoms with Crippen LogP contribution in [-0.2, 0) is 14.3 Å². The van der Waals surface area contributed by atoms with Gasteiger partial charge in [0.05, 0.1) is 25.4 Å². The lowest BCUT2D eigenvalue weighted by molar-refractivity contribution is -0.133. The van der Waals surface area contributed by atoms with Crippen molar-refractivity contribution in [3.8, 4) is 0 Å². The lowest BCUT2D eigenvalue weighted by Crippen LogP contribution is -2.29. The molecule has 0 aromatic rings. The zero-order valence-corrected chi connectivity index (χ0v) is 9.85. The number of carboxylic acid groups (broad SMARTS) is 1. The smallest absolute Gasteiger partial charge is 0.331 e. The van der Waals surface area contributed by atoms with Gasteiger partial charge >= 0.3 is 5.97 Å². The second kappa shape index (κ2) is 4.10. The molecule has 94 valence electrons. The van der Waals surface area contributed by atoms with E-state index < -0.39 is 5.97 Å². The zero-order chi connectivity index (χ0) is 11.9. The number of carbonyl (C=O) groups is 1. The zero-order valence-electron chi connectivity index (χ0n) is 9.85. The maximum atomic E-state index is 11.1. The Balaban J connectivity index is 1.73. The van der Waals surface area contributed by atoms with E-state index in [1.807, 2.05) is 6.08 Å². The van der Waals surface area contributed by atoms with Crippen molar-refractivity contribution in [2.24, 2.45) is 5.41 Å². The van der Waals surface area contributed by atoms with Crippen molar-refractivity contribution < 1.29 is 19.4 Å². The largest absolute Gasteiger partial charge is 0.478 e. The van der Waals surface area contributed by atoms with Crippen LogP contribution >= 0.6 is 0 Å². The summed E-state index contributed by atoms with van der Waals surface area (Å²) in [5.74, 6) is -0.762. The van der Waals surface area contributed by atoms with Crippen molar-refractivity contribution in [1.82, 2.24) is 0 Å². The number of rotatable bonds is 5. The monoisotopic (exact) mass is 238 g/mol. The number of aliphatic carboxylic acids is 1. The summed E-state index contributed by atoms with van der Waals surface area (Å²) in [5.41, 5.74) is 0.683. The highest BCUT2D eigenvalue weighted by Crippen LogP contribution is 2.47. The molecule has 2 fully saturated rings. The van der Waals surface area contributed by atoms with Gasteiger partial charge in [-0.1, -0.05) is 6.08 Å². The standard InChI is InChI=1S/C13H18O4/c14-12(15)9-2-1-3-13(4-9,5-10-7-16-10)6-11-8-17-11/h2,10-11H,1,3-8H2,(H,14,15). The lowest BCUT2D eigenvalue weighted by Gasteiger charge is -2.36. The fourth-order valence-corrected chi connectivity index (χ4v) is 3.05. The fourth-order valence-electron chi connectivity index (χ4n) is 3.05. The van der Waals surface area contributed by atoms with Gasteiger partial charge in [0.1, 0.15) is 0 Å². The van der Waals surface area contributed by atoms with Crippen LogP contribution in [0, 0.1) is 5.41 Å². The molecule has 0 bridgehead atoms. The van der Waals surface area contributed by atoms with Crippen molar-refractivity contribution in [3.05, 3.63) is 11.6 Å². The lowest BCUT2D eigenvalue weighted by atomic mass is 9.68. The van der Waals surface area contributed by atoms with Crippen LogP contribution < -0.4 is 0 Å². The highest BCUT2D eigenvalue weighted by atomic mass is 16.6. The maximum Gasteiger partial charge on any atom is 0.331 e. The molecule has 3 rings (SSSR count). The molecule has 2 unspecified atom stereocenters. The predicted octanol–water partition coefficient (Wildman–Crippen LogP) is 1.75. The quantitative estimate of drug-likeness (QED) is 0.741. The van der Waals surface area contributed by atoms with E-state index in [4.69, 9.17) is 14.6 Å². The highest BCUT2D eigenvalue weighted by Gasteiger charge is 2.44. The average molecular weight is 238 g/mol. The summed E-state index contributed by atoms with van der Waals surface area (Å²) in [6.45, 7) is 1.69. The SMILES string of the molecule is O=C(O)C1=CCCC(CC2CO2)(CC2CO2)C1. The van der Waals surface area contributed by atoms with Crippen LogP contribution in [0.1, 0.15) is 32.1 Å². The van der Waals surface area contributed by atoms with Crippen LogP contribution in [0.3, 0.4) is 0 Å². The first kappa shape index (κ1) is 11.2. The van der Waals surface area contributed by atoms with E-state index in [9.17, 15) is 4.79 Å². The second-order valence-electron chi connectivity index (χ2n) is 5.57. The molecule has 0 saturated carbocycles. The number of carboxylic acids is 1. The molecule has 0 aromatic heterocycles. The number of epoxide rings is 2. The van der Waals surface area contributed by atoms with E-state index in [0.717, 1.165) is 38.9 Å². The van der Waals surface area contributed by atoms with Gasteiger partial charge < -0.3 is 14.6 Å². The van der Waals surface area contributed by atoms with Crippen LogP contribution in [0.5, 0.6) is 0 Å². The molecule has 4 nitrogen and oxygen atoms in total. The Morgan fingerprint density at radius 3 is 2.41 bits per heavy atom. The Morgan fingerprint density at radius 1 is 1.35 bits per heavy atom. The second-order valence-corrected chi connectivity index (χ2v) is 5.57. The number of hydrogen-bond acceptors (Lipinski definition) is 3. The van der Waals surface area contributed by atoms with E-state index in [2.05, 4.69) is 0 Å². The summed E-state index contributed by atoms with van der Waals surface area (Å²) >= 11 is 0. The van der Waals surface area contributed by atoms with Gasteiger partial charge in [-0.15, -0.1) is 0 Å². The highest BCUT2D eigenvalue weighted by molar-refractivity contribution is 5.86. The molecule has 2 atom stereocenters. The molecule has 0 spiro atoms. The Morgan fingerprint density at radius 2 is 1.94 bits per heavy atom. The summed E-state index contributed by atoms with van der Waals surface area (Å²) in [5, 5.41) is 9.14. The molecule has 1 N–H and O–H groups in total. The van der Waals surface area contributed by atoms with Crippen molar-refractivity contribution in [2.45, 2.75) is 44.3 Å². The third-order valence-electron chi connectivity index (χ3n) is 4.03. The van der Waals surface area contributed by atoms with E-state index in [1.165, 1.54) is 0 Å². The Labute approximate surface area is 101 Å².